The fourth-order valence-corrected chi connectivity index (χ4v) is 4.44. The molecule has 1 N–H and O–H groups in total. The number of methoxy groups -OCH3 is 2. The van der Waals surface area contributed by atoms with E-state index in [0.29, 0.717) is 12.3 Å². The number of amides is 2. The average molecular weight is 520 g/mol. The molecule has 0 aromatic heterocycles. The number of ether oxygens (including phenoxy) is 2. The van der Waals surface area contributed by atoms with E-state index < -0.39 is 28.5 Å². The van der Waals surface area contributed by atoms with Gasteiger partial charge >= 0.3 is 0 Å². The molecule has 0 heterocycles. The van der Waals surface area contributed by atoms with Crippen LogP contribution in [0.5, 0.6) is 11.5 Å². The van der Waals surface area contributed by atoms with Crippen molar-refractivity contribution < 1.29 is 27.5 Å². The van der Waals surface area contributed by atoms with Crippen molar-refractivity contribution in [1.82, 2.24) is 10.2 Å². The van der Waals surface area contributed by atoms with Gasteiger partial charge in [-0.05, 0) is 43.0 Å². The first-order valence-corrected chi connectivity index (χ1v) is 13.5. The molecule has 0 fully saturated rings. The molecule has 9 nitrogen and oxygen atoms in total. The van der Waals surface area contributed by atoms with Crippen molar-refractivity contribution in [3.8, 4) is 11.5 Å². The summed E-state index contributed by atoms with van der Waals surface area (Å²) in [5, 5.41) is 2.87. The predicted molar refractivity (Wildman–Crippen MR) is 141 cm³/mol. The normalized spacial score (nSPS) is 12.1. The lowest BCUT2D eigenvalue weighted by molar-refractivity contribution is -0.139. The molecule has 2 aromatic carbocycles. The zero-order chi connectivity index (χ0) is 27.0. The third-order valence-electron chi connectivity index (χ3n) is 5.79. The second kappa shape index (κ2) is 12.6. The predicted octanol–water partition coefficient (Wildman–Crippen LogP) is 2.97. The van der Waals surface area contributed by atoms with Crippen LogP contribution in [0, 0.1) is 12.8 Å². The first kappa shape index (κ1) is 29.0. The van der Waals surface area contributed by atoms with E-state index in [4.69, 9.17) is 9.47 Å². The van der Waals surface area contributed by atoms with Crippen molar-refractivity contribution in [3.05, 3.63) is 53.6 Å². The third-order valence-corrected chi connectivity index (χ3v) is 6.92. The Morgan fingerprint density at radius 3 is 2.25 bits per heavy atom. The Labute approximate surface area is 214 Å². The number of aryl methyl sites for hydroxylation is 1. The number of hydrogen-bond acceptors (Lipinski definition) is 6. The van der Waals surface area contributed by atoms with Gasteiger partial charge in [0.1, 0.15) is 24.1 Å². The van der Waals surface area contributed by atoms with Crippen LogP contribution in [-0.2, 0) is 26.2 Å². The number of anilines is 1. The second-order valence-electron chi connectivity index (χ2n) is 9.07. The lowest BCUT2D eigenvalue weighted by Crippen LogP contribution is -2.51. The number of rotatable bonds is 12. The Balaban J connectivity index is 2.45. The van der Waals surface area contributed by atoms with Gasteiger partial charge in [-0.15, -0.1) is 0 Å². The van der Waals surface area contributed by atoms with Crippen LogP contribution in [0.25, 0.3) is 0 Å². The Bertz CT molecular complexity index is 1170. The van der Waals surface area contributed by atoms with Gasteiger partial charge in [-0.2, -0.15) is 0 Å². The Morgan fingerprint density at radius 2 is 1.69 bits per heavy atom. The SMILES string of the molecule is COc1ccc(N(CC(=O)N(Cc2ccccc2C)[C@@H](C)C(=O)NCC(C)C)S(C)(=O)=O)c(OC)c1. The van der Waals surface area contributed by atoms with Crippen molar-refractivity contribution in [1.29, 1.82) is 0 Å². The molecule has 0 aliphatic rings. The fraction of sp³-hybridized carbons (Fsp3) is 0.462. The molecule has 0 spiro atoms. The topological polar surface area (TPSA) is 105 Å². The van der Waals surface area contributed by atoms with Gasteiger partial charge in [-0.1, -0.05) is 38.1 Å². The Kier molecular flexibility index (Phi) is 10.2. The minimum absolute atomic E-state index is 0.152. The van der Waals surface area contributed by atoms with Crippen LogP contribution in [0.2, 0.25) is 0 Å². The fourth-order valence-electron chi connectivity index (χ4n) is 3.59. The van der Waals surface area contributed by atoms with E-state index in [2.05, 4.69) is 5.32 Å². The van der Waals surface area contributed by atoms with Crippen LogP contribution < -0.4 is 19.1 Å². The van der Waals surface area contributed by atoms with Gasteiger partial charge in [-0.25, -0.2) is 8.42 Å². The van der Waals surface area contributed by atoms with E-state index in [9.17, 15) is 18.0 Å². The van der Waals surface area contributed by atoms with E-state index in [1.54, 1.807) is 19.1 Å². The molecule has 0 unspecified atom stereocenters. The van der Waals surface area contributed by atoms with Crippen molar-refractivity contribution in [2.45, 2.75) is 40.3 Å². The van der Waals surface area contributed by atoms with Gasteiger partial charge in [0.2, 0.25) is 21.8 Å². The zero-order valence-corrected chi connectivity index (χ0v) is 22.9. The second-order valence-corrected chi connectivity index (χ2v) is 11.0. The van der Waals surface area contributed by atoms with E-state index >= 15 is 0 Å². The molecule has 0 aliphatic heterocycles. The van der Waals surface area contributed by atoms with Crippen LogP contribution in [0.3, 0.4) is 0 Å². The Hall–Kier alpha value is -3.27. The van der Waals surface area contributed by atoms with Crippen LogP contribution >= 0.6 is 0 Å². The van der Waals surface area contributed by atoms with Crippen LogP contribution in [0.1, 0.15) is 31.9 Å². The maximum Gasteiger partial charge on any atom is 0.244 e. The summed E-state index contributed by atoms with van der Waals surface area (Å²) in [5.74, 6) is 0.130. The van der Waals surface area contributed by atoms with Gasteiger partial charge in [0.25, 0.3) is 0 Å². The molecule has 10 heteroatoms. The maximum atomic E-state index is 13.7. The summed E-state index contributed by atoms with van der Waals surface area (Å²) in [5.41, 5.74) is 2.02. The van der Waals surface area contributed by atoms with Crippen LogP contribution in [0.4, 0.5) is 5.69 Å². The highest BCUT2D eigenvalue weighted by Gasteiger charge is 2.31. The molecular weight excluding hydrogens is 482 g/mol. The van der Waals surface area contributed by atoms with E-state index in [0.717, 1.165) is 21.7 Å². The molecule has 198 valence electrons. The Morgan fingerprint density at radius 1 is 1.03 bits per heavy atom. The molecule has 0 aliphatic carbocycles. The lowest BCUT2D eigenvalue weighted by atomic mass is 10.1. The van der Waals surface area contributed by atoms with E-state index in [1.165, 1.54) is 25.2 Å². The number of hydrogen-bond donors (Lipinski definition) is 1. The molecule has 0 radical (unpaired) electrons. The van der Waals surface area contributed by atoms with Crippen molar-refractivity contribution >= 4 is 27.5 Å². The summed E-state index contributed by atoms with van der Waals surface area (Å²) < 4.78 is 37.2. The monoisotopic (exact) mass is 519 g/mol. The van der Waals surface area contributed by atoms with E-state index in [1.807, 2.05) is 45.0 Å². The molecule has 0 bridgehead atoms. The average Bonchev–Trinajstić information content (AvgIpc) is 2.83. The van der Waals surface area contributed by atoms with Gasteiger partial charge in [0.15, 0.2) is 0 Å². The van der Waals surface area contributed by atoms with Crippen molar-refractivity contribution in [3.63, 3.8) is 0 Å². The van der Waals surface area contributed by atoms with Gasteiger partial charge in [0, 0.05) is 19.2 Å². The molecule has 0 saturated carbocycles. The van der Waals surface area contributed by atoms with Gasteiger partial charge in [-0.3, -0.25) is 13.9 Å². The third kappa shape index (κ3) is 7.61. The highest BCUT2D eigenvalue weighted by molar-refractivity contribution is 7.92. The minimum Gasteiger partial charge on any atom is -0.497 e. The number of benzene rings is 2. The molecule has 2 rings (SSSR count). The summed E-state index contributed by atoms with van der Waals surface area (Å²) >= 11 is 0. The minimum atomic E-state index is -3.88. The summed E-state index contributed by atoms with van der Waals surface area (Å²) in [6, 6.07) is 11.4. The van der Waals surface area contributed by atoms with Gasteiger partial charge < -0.3 is 19.7 Å². The molecule has 0 saturated heterocycles. The summed E-state index contributed by atoms with van der Waals surface area (Å²) in [6.45, 7) is 7.64. The number of sulfonamides is 1. The number of nitrogens with one attached hydrogen (secondary N) is 1. The quantitative estimate of drug-likeness (QED) is 0.462. The highest BCUT2D eigenvalue weighted by Crippen LogP contribution is 2.33. The lowest BCUT2D eigenvalue weighted by Gasteiger charge is -2.32. The number of nitrogens with zero attached hydrogens (tertiary/aromatic N) is 2. The molecule has 36 heavy (non-hydrogen) atoms. The van der Waals surface area contributed by atoms with Crippen molar-refractivity contribution in [2.75, 3.05) is 37.9 Å². The van der Waals surface area contributed by atoms with Crippen LogP contribution in [-0.4, -0.2) is 64.7 Å². The summed E-state index contributed by atoms with van der Waals surface area (Å²) in [6.07, 6.45) is 1.02. The van der Waals surface area contributed by atoms with Gasteiger partial charge in [0.05, 0.1) is 26.2 Å². The molecule has 2 aromatic rings. The smallest absolute Gasteiger partial charge is 0.244 e. The summed E-state index contributed by atoms with van der Waals surface area (Å²) in [4.78, 5) is 28.0. The van der Waals surface area contributed by atoms with Crippen molar-refractivity contribution in [2.24, 2.45) is 5.92 Å². The molecule has 2 amide bonds. The maximum absolute atomic E-state index is 13.7. The number of carbonyl (C=O) groups excluding carboxylic acids is 2. The zero-order valence-electron chi connectivity index (χ0n) is 22.1. The molecular formula is C26H37N3O6S. The van der Waals surface area contributed by atoms with Crippen LogP contribution in [0.15, 0.2) is 42.5 Å². The molecule has 1 atom stereocenters. The first-order valence-electron chi connectivity index (χ1n) is 11.7. The number of carbonyl (C=O) groups is 2. The first-order chi connectivity index (χ1) is 16.9. The van der Waals surface area contributed by atoms with E-state index in [-0.39, 0.29) is 29.8 Å². The highest BCUT2D eigenvalue weighted by atomic mass is 32.2. The standard InChI is InChI=1S/C26H37N3O6S/c1-18(2)15-27-26(31)20(4)28(16-21-11-9-8-10-19(21)3)25(30)17-29(36(7,32)33)23-13-12-22(34-5)14-24(23)35-6/h8-14,18,20H,15-17H2,1-7H3,(H,27,31)/t20-/m0/s1. The largest absolute Gasteiger partial charge is 0.497 e. The summed E-state index contributed by atoms with van der Waals surface area (Å²) in [7, 11) is -0.986.